The van der Waals surface area contributed by atoms with E-state index in [4.69, 9.17) is 4.42 Å². The van der Waals surface area contributed by atoms with Crippen LogP contribution in [0.5, 0.6) is 0 Å². The van der Waals surface area contributed by atoms with Gasteiger partial charge in [0.05, 0.1) is 18.5 Å². The van der Waals surface area contributed by atoms with Crippen molar-refractivity contribution in [2.75, 3.05) is 0 Å². The minimum atomic E-state index is -0.0349. The number of aromatic nitrogens is 1. The number of thiazole rings is 1. The maximum absolute atomic E-state index is 10.8. The van der Waals surface area contributed by atoms with Gasteiger partial charge in [-0.25, -0.2) is 4.98 Å². The number of carbonyl (C=O) groups is 1. The molecular weight excluding hydrogens is 224 g/mol. The van der Waals surface area contributed by atoms with Gasteiger partial charge in [0.1, 0.15) is 0 Å². The van der Waals surface area contributed by atoms with E-state index in [0.717, 1.165) is 21.3 Å². The Balaban J connectivity index is 2.19. The largest absolute Gasteiger partial charge is 0.462 e. The maximum atomic E-state index is 10.8. The molecule has 1 amide bonds. The molecule has 0 bridgehead atoms. The molecule has 0 saturated heterocycles. The number of rotatable bonds is 3. The van der Waals surface area contributed by atoms with Gasteiger partial charge < -0.3 is 9.73 Å². The Bertz CT molecular complexity index is 488. The van der Waals surface area contributed by atoms with E-state index in [2.05, 4.69) is 10.3 Å². The first-order valence-electron chi connectivity index (χ1n) is 4.91. The summed E-state index contributed by atoms with van der Waals surface area (Å²) in [5, 5.41) is 3.61. The minimum absolute atomic E-state index is 0.0349. The van der Waals surface area contributed by atoms with Gasteiger partial charge in [-0.05, 0) is 19.1 Å². The molecule has 2 heterocycles. The number of hydrogen-bond donors (Lipinski definition) is 1. The van der Waals surface area contributed by atoms with Crippen molar-refractivity contribution < 1.29 is 9.21 Å². The lowest BCUT2D eigenvalue weighted by Gasteiger charge is -1.98. The molecule has 0 aromatic carbocycles. The van der Waals surface area contributed by atoms with Gasteiger partial charge in [0.25, 0.3) is 0 Å². The average Bonchev–Trinajstić information content (AvgIpc) is 2.83. The number of nitrogens with zero attached hydrogens (tertiary/aromatic N) is 1. The SMILES string of the molecule is CC(=O)NCc1sc(-c2ccco2)nc1C. The topological polar surface area (TPSA) is 55.1 Å². The van der Waals surface area contributed by atoms with Crippen molar-refractivity contribution >= 4 is 17.2 Å². The van der Waals surface area contributed by atoms with E-state index >= 15 is 0 Å². The Morgan fingerprint density at radius 3 is 3.06 bits per heavy atom. The number of carbonyl (C=O) groups excluding carboxylic acids is 1. The second-order valence-corrected chi connectivity index (χ2v) is 4.50. The summed E-state index contributed by atoms with van der Waals surface area (Å²) in [5.41, 5.74) is 0.935. The summed E-state index contributed by atoms with van der Waals surface area (Å²) in [4.78, 5) is 16.3. The summed E-state index contributed by atoms with van der Waals surface area (Å²) in [7, 11) is 0. The molecule has 2 rings (SSSR count). The Morgan fingerprint density at radius 2 is 2.44 bits per heavy atom. The zero-order valence-electron chi connectivity index (χ0n) is 9.11. The predicted octanol–water partition coefficient (Wildman–Crippen LogP) is 2.35. The van der Waals surface area contributed by atoms with Gasteiger partial charge in [0.2, 0.25) is 5.91 Å². The van der Waals surface area contributed by atoms with Crippen LogP contribution in [0.15, 0.2) is 22.8 Å². The molecule has 0 radical (unpaired) electrons. The third-order valence-corrected chi connectivity index (χ3v) is 3.29. The average molecular weight is 236 g/mol. The zero-order chi connectivity index (χ0) is 11.5. The van der Waals surface area contributed by atoms with Gasteiger partial charge in [-0.1, -0.05) is 0 Å². The highest BCUT2D eigenvalue weighted by Crippen LogP contribution is 2.27. The summed E-state index contributed by atoms with van der Waals surface area (Å²) in [5.74, 6) is 0.731. The van der Waals surface area contributed by atoms with E-state index < -0.39 is 0 Å². The Labute approximate surface area is 97.3 Å². The molecule has 0 aliphatic heterocycles. The van der Waals surface area contributed by atoms with E-state index in [1.54, 1.807) is 6.26 Å². The van der Waals surface area contributed by atoms with E-state index in [0.29, 0.717) is 6.54 Å². The van der Waals surface area contributed by atoms with E-state index in [1.165, 1.54) is 18.3 Å². The first-order valence-corrected chi connectivity index (χ1v) is 5.73. The lowest BCUT2D eigenvalue weighted by atomic mass is 10.4. The lowest BCUT2D eigenvalue weighted by molar-refractivity contribution is -0.119. The van der Waals surface area contributed by atoms with Crippen LogP contribution in [-0.4, -0.2) is 10.9 Å². The number of furan rings is 1. The van der Waals surface area contributed by atoms with Gasteiger partial charge in [-0.2, -0.15) is 0 Å². The van der Waals surface area contributed by atoms with Crippen molar-refractivity contribution in [1.29, 1.82) is 0 Å². The normalized spacial score (nSPS) is 10.4. The van der Waals surface area contributed by atoms with Crippen molar-refractivity contribution in [3.05, 3.63) is 29.0 Å². The van der Waals surface area contributed by atoms with Crippen LogP contribution in [0.25, 0.3) is 10.8 Å². The Morgan fingerprint density at radius 1 is 1.62 bits per heavy atom. The summed E-state index contributed by atoms with van der Waals surface area (Å²) in [6, 6.07) is 3.71. The minimum Gasteiger partial charge on any atom is -0.462 e. The van der Waals surface area contributed by atoms with Gasteiger partial charge in [-0.15, -0.1) is 11.3 Å². The smallest absolute Gasteiger partial charge is 0.217 e. The fourth-order valence-corrected chi connectivity index (χ4v) is 2.27. The van der Waals surface area contributed by atoms with Crippen molar-refractivity contribution in [1.82, 2.24) is 10.3 Å². The van der Waals surface area contributed by atoms with Crippen molar-refractivity contribution in [2.45, 2.75) is 20.4 Å². The molecule has 0 saturated carbocycles. The van der Waals surface area contributed by atoms with Crippen LogP contribution < -0.4 is 5.32 Å². The predicted molar refractivity (Wildman–Crippen MR) is 62.1 cm³/mol. The van der Waals surface area contributed by atoms with Crippen molar-refractivity contribution in [3.8, 4) is 10.8 Å². The molecule has 0 unspecified atom stereocenters. The van der Waals surface area contributed by atoms with Gasteiger partial charge in [0, 0.05) is 11.8 Å². The highest BCUT2D eigenvalue weighted by atomic mass is 32.1. The first kappa shape index (κ1) is 10.9. The second-order valence-electron chi connectivity index (χ2n) is 3.41. The standard InChI is InChI=1S/C11H12N2O2S/c1-7-10(6-12-8(2)14)16-11(13-7)9-4-3-5-15-9/h3-5H,6H2,1-2H3,(H,12,14). The molecule has 2 aromatic heterocycles. The molecule has 0 spiro atoms. The quantitative estimate of drug-likeness (QED) is 0.890. The van der Waals surface area contributed by atoms with Crippen LogP contribution in [0.4, 0.5) is 0 Å². The van der Waals surface area contributed by atoms with Crippen LogP contribution >= 0.6 is 11.3 Å². The fourth-order valence-electron chi connectivity index (χ4n) is 1.30. The third kappa shape index (κ3) is 2.30. The first-order chi connectivity index (χ1) is 7.66. The van der Waals surface area contributed by atoms with Crippen molar-refractivity contribution in [2.24, 2.45) is 0 Å². The summed E-state index contributed by atoms with van der Waals surface area (Å²) >= 11 is 1.54. The highest BCUT2D eigenvalue weighted by Gasteiger charge is 2.11. The molecular formula is C11H12N2O2S. The molecule has 0 aliphatic rings. The van der Waals surface area contributed by atoms with Gasteiger partial charge in [0.15, 0.2) is 10.8 Å². The molecule has 84 valence electrons. The molecule has 16 heavy (non-hydrogen) atoms. The zero-order valence-corrected chi connectivity index (χ0v) is 9.93. The third-order valence-electron chi connectivity index (χ3n) is 2.12. The summed E-state index contributed by atoms with van der Waals surface area (Å²) in [6.45, 7) is 3.96. The molecule has 0 atom stereocenters. The fraction of sp³-hybridized carbons (Fsp3) is 0.273. The second kappa shape index (κ2) is 4.49. The number of aryl methyl sites for hydroxylation is 1. The Hall–Kier alpha value is -1.62. The van der Waals surface area contributed by atoms with Crippen LogP contribution in [0, 0.1) is 6.92 Å². The summed E-state index contributed by atoms with van der Waals surface area (Å²) < 4.78 is 5.27. The highest BCUT2D eigenvalue weighted by molar-refractivity contribution is 7.15. The number of hydrogen-bond acceptors (Lipinski definition) is 4. The van der Waals surface area contributed by atoms with E-state index in [1.807, 2.05) is 19.1 Å². The molecule has 5 heteroatoms. The van der Waals surface area contributed by atoms with Crippen LogP contribution in [0.3, 0.4) is 0 Å². The molecule has 1 N–H and O–H groups in total. The van der Waals surface area contributed by atoms with E-state index in [9.17, 15) is 4.79 Å². The number of nitrogens with one attached hydrogen (secondary N) is 1. The van der Waals surface area contributed by atoms with Crippen LogP contribution in [0.2, 0.25) is 0 Å². The van der Waals surface area contributed by atoms with Gasteiger partial charge >= 0.3 is 0 Å². The number of amides is 1. The molecule has 0 fully saturated rings. The van der Waals surface area contributed by atoms with Gasteiger partial charge in [-0.3, -0.25) is 4.79 Å². The lowest BCUT2D eigenvalue weighted by Crippen LogP contribution is -2.18. The van der Waals surface area contributed by atoms with Crippen LogP contribution in [0.1, 0.15) is 17.5 Å². The maximum Gasteiger partial charge on any atom is 0.217 e. The molecule has 4 nitrogen and oxygen atoms in total. The molecule has 2 aromatic rings. The molecule has 0 aliphatic carbocycles. The van der Waals surface area contributed by atoms with Crippen LogP contribution in [-0.2, 0) is 11.3 Å². The van der Waals surface area contributed by atoms with E-state index in [-0.39, 0.29) is 5.91 Å². The summed E-state index contributed by atoms with van der Waals surface area (Å²) in [6.07, 6.45) is 1.62. The van der Waals surface area contributed by atoms with Crippen molar-refractivity contribution in [3.63, 3.8) is 0 Å². The Kier molecular flexibility index (Phi) is 3.05. The monoisotopic (exact) mass is 236 g/mol.